The molecule has 0 aliphatic rings. The highest BCUT2D eigenvalue weighted by Crippen LogP contribution is 2.07. The van der Waals surface area contributed by atoms with E-state index in [2.05, 4.69) is 4.98 Å². The number of nitrogens with zero attached hydrogens (tertiary/aromatic N) is 2. The highest BCUT2D eigenvalue weighted by molar-refractivity contribution is 5.75. The average molecular weight is 232 g/mol. The molecule has 0 atom stereocenters. The fraction of sp³-hybridized carbons (Fsp3) is 0.286. The van der Waals surface area contributed by atoms with Crippen LogP contribution in [0.3, 0.4) is 0 Å². The zero-order valence-corrected chi connectivity index (χ0v) is 10.9. The van der Waals surface area contributed by atoms with Gasteiger partial charge in [0.15, 0.2) is 0 Å². The molecule has 0 saturated heterocycles. The van der Waals surface area contributed by atoms with Gasteiger partial charge in [-0.05, 0) is 24.3 Å². The summed E-state index contributed by atoms with van der Waals surface area (Å²) in [6, 6.07) is 7.32. The first-order valence-corrected chi connectivity index (χ1v) is 5.94. The Bertz CT molecular complexity index is 391. The summed E-state index contributed by atoms with van der Waals surface area (Å²) in [5.41, 5.74) is 1.69. The van der Waals surface area contributed by atoms with E-state index in [9.17, 15) is 4.79 Å². The molecule has 0 fully saturated rings. The van der Waals surface area contributed by atoms with E-state index in [0.29, 0.717) is 5.56 Å². The third kappa shape index (κ3) is 4.64. The highest BCUT2D eigenvalue weighted by Gasteiger charge is 1.94. The van der Waals surface area contributed by atoms with Gasteiger partial charge in [0.1, 0.15) is 6.29 Å². The molecule has 0 bridgehead atoms. The summed E-state index contributed by atoms with van der Waals surface area (Å²) in [7, 11) is 0. The van der Waals surface area contributed by atoms with Crippen LogP contribution in [0, 0.1) is 0 Å². The third-order valence-electron chi connectivity index (χ3n) is 1.83. The summed E-state index contributed by atoms with van der Waals surface area (Å²) < 4.78 is 1.88. The average Bonchev–Trinajstić information content (AvgIpc) is 2.97. The molecule has 0 spiro atoms. The molecule has 0 amide bonds. The molecule has 17 heavy (non-hydrogen) atoms. The van der Waals surface area contributed by atoms with Crippen LogP contribution in [-0.4, -0.2) is 15.8 Å². The molecular weight excluding hydrogens is 212 g/mol. The quantitative estimate of drug-likeness (QED) is 0.739. The van der Waals surface area contributed by atoms with Crippen molar-refractivity contribution < 1.29 is 4.79 Å². The topological polar surface area (TPSA) is 34.9 Å². The molecule has 2 rings (SSSR count). The van der Waals surface area contributed by atoms with Crippen LogP contribution < -0.4 is 0 Å². The zero-order chi connectivity index (χ0) is 13.1. The minimum absolute atomic E-state index is 0.684. The van der Waals surface area contributed by atoms with Crippen LogP contribution >= 0.6 is 0 Å². The molecule has 92 valence electrons. The van der Waals surface area contributed by atoms with E-state index >= 15 is 0 Å². The van der Waals surface area contributed by atoms with E-state index in [1.807, 2.05) is 50.6 Å². The van der Waals surface area contributed by atoms with Crippen LogP contribution in [0.1, 0.15) is 38.1 Å². The number of carbonyl (C=O) groups is 1. The molecule has 0 aliphatic heterocycles. The van der Waals surface area contributed by atoms with Gasteiger partial charge in [-0.1, -0.05) is 27.7 Å². The summed E-state index contributed by atoms with van der Waals surface area (Å²) >= 11 is 0. The van der Waals surface area contributed by atoms with Gasteiger partial charge in [0.05, 0.1) is 6.33 Å². The van der Waals surface area contributed by atoms with Crippen molar-refractivity contribution in [2.75, 3.05) is 0 Å². The molecule has 0 unspecified atom stereocenters. The van der Waals surface area contributed by atoms with Crippen LogP contribution in [0.5, 0.6) is 0 Å². The Balaban J connectivity index is 0.000000581. The van der Waals surface area contributed by atoms with Crippen molar-refractivity contribution >= 4 is 6.29 Å². The normalized spacial score (nSPS) is 8.24. The second kappa shape index (κ2) is 9.33. The fourth-order valence-electron chi connectivity index (χ4n) is 1.14. The first kappa shape index (κ1) is 15.1. The van der Waals surface area contributed by atoms with E-state index in [4.69, 9.17) is 0 Å². The minimum Gasteiger partial charge on any atom is -0.306 e. The Morgan fingerprint density at radius 3 is 2.06 bits per heavy atom. The van der Waals surface area contributed by atoms with Crippen molar-refractivity contribution in [2.24, 2.45) is 0 Å². The monoisotopic (exact) mass is 232 g/mol. The van der Waals surface area contributed by atoms with Crippen molar-refractivity contribution in [3.63, 3.8) is 0 Å². The molecule has 0 saturated carbocycles. The highest BCUT2D eigenvalue weighted by atomic mass is 16.1. The lowest BCUT2D eigenvalue weighted by Crippen LogP contribution is -1.89. The molecule has 1 aromatic carbocycles. The molecule has 3 heteroatoms. The van der Waals surface area contributed by atoms with Gasteiger partial charge in [-0.3, -0.25) is 4.79 Å². The molecule has 1 aromatic heterocycles. The van der Waals surface area contributed by atoms with Gasteiger partial charge >= 0.3 is 0 Å². The fourth-order valence-corrected chi connectivity index (χ4v) is 1.14. The Kier molecular flexibility index (Phi) is 8.29. The van der Waals surface area contributed by atoms with E-state index < -0.39 is 0 Å². The number of hydrogen-bond donors (Lipinski definition) is 0. The number of aldehydes is 1. The predicted molar refractivity (Wildman–Crippen MR) is 71.6 cm³/mol. The van der Waals surface area contributed by atoms with Crippen molar-refractivity contribution in [3.05, 3.63) is 48.5 Å². The number of aromatic nitrogens is 2. The predicted octanol–water partition coefficient (Wildman–Crippen LogP) is 3.74. The van der Waals surface area contributed by atoms with Gasteiger partial charge in [-0.2, -0.15) is 0 Å². The summed E-state index contributed by atoms with van der Waals surface area (Å²) in [6.45, 7) is 8.00. The summed E-state index contributed by atoms with van der Waals surface area (Å²) in [4.78, 5) is 14.3. The van der Waals surface area contributed by atoms with Gasteiger partial charge in [0.2, 0.25) is 0 Å². The standard InChI is InChI=1S/C10H8N2O.2C2H6/c13-7-9-1-3-10(4-2-9)12-6-5-11-8-12;2*1-2/h1-8H;2*1-2H3. The van der Waals surface area contributed by atoms with Crippen molar-refractivity contribution in [1.82, 2.24) is 9.55 Å². The van der Waals surface area contributed by atoms with Crippen molar-refractivity contribution in [3.8, 4) is 5.69 Å². The Morgan fingerprint density at radius 1 is 1.06 bits per heavy atom. The zero-order valence-electron chi connectivity index (χ0n) is 10.9. The Labute approximate surface area is 103 Å². The van der Waals surface area contributed by atoms with E-state index in [0.717, 1.165) is 12.0 Å². The Hall–Kier alpha value is -1.90. The maximum atomic E-state index is 10.4. The molecule has 0 aliphatic carbocycles. The van der Waals surface area contributed by atoms with Gasteiger partial charge in [-0.25, -0.2) is 4.98 Å². The van der Waals surface area contributed by atoms with Crippen molar-refractivity contribution in [1.29, 1.82) is 0 Å². The van der Waals surface area contributed by atoms with Crippen LogP contribution in [-0.2, 0) is 0 Å². The maximum Gasteiger partial charge on any atom is 0.150 e. The largest absolute Gasteiger partial charge is 0.306 e. The molecule has 0 N–H and O–H groups in total. The lowest BCUT2D eigenvalue weighted by molar-refractivity contribution is 0.112. The number of imidazole rings is 1. The maximum absolute atomic E-state index is 10.4. The van der Waals surface area contributed by atoms with Crippen LogP contribution in [0.15, 0.2) is 43.0 Å². The second-order valence-corrected chi connectivity index (χ2v) is 2.68. The molecule has 2 aromatic rings. The second-order valence-electron chi connectivity index (χ2n) is 2.68. The van der Waals surface area contributed by atoms with Gasteiger partial charge < -0.3 is 4.57 Å². The van der Waals surface area contributed by atoms with E-state index in [-0.39, 0.29) is 0 Å². The smallest absolute Gasteiger partial charge is 0.150 e. The van der Waals surface area contributed by atoms with Gasteiger partial charge in [0, 0.05) is 23.6 Å². The lowest BCUT2D eigenvalue weighted by Gasteiger charge is -2.00. The molecule has 0 radical (unpaired) electrons. The molecule has 1 heterocycles. The number of benzene rings is 1. The van der Waals surface area contributed by atoms with Gasteiger partial charge in [0.25, 0.3) is 0 Å². The van der Waals surface area contributed by atoms with Crippen LogP contribution in [0.4, 0.5) is 0 Å². The van der Waals surface area contributed by atoms with Crippen LogP contribution in [0.25, 0.3) is 5.69 Å². The molecule has 3 nitrogen and oxygen atoms in total. The van der Waals surface area contributed by atoms with Gasteiger partial charge in [-0.15, -0.1) is 0 Å². The summed E-state index contributed by atoms with van der Waals surface area (Å²) in [5, 5.41) is 0. The summed E-state index contributed by atoms with van der Waals surface area (Å²) in [6.07, 6.45) is 6.12. The number of rotatable bonds is 2. The van der Waals surface area contributed by atoms with Crippen molar-refractivity contribution in [2.45, 2.75) is 27.7 Å². The lowest BCUT2D eigenvalue weighted by atomic mass is 10.2. The van der Waals surface area contributed by atoms with E-state index in [1.54, 1.807) is 24.7 Å². The van der Waals surface area contributed by atoms with E-state index in [1.165, 1.54) is 0 Å². The third-order valence-corrected chi connectivity index (χ3v) is 1.83. The minimum atomic E-state index is 0.684. The summed E-state index contributed by atoms with van der Waals surface area (Å²) in [5.74, 6) is 0. The Morgan fingerprint density at radius 2 is 1.65 bits per heavy atom. The first-order valence-electron chi connectivity index (χ1n) is 5.94. The number of carbonyl (C=O) groups excluding carboxylic acids is 1. The first-order chi connectivity index (χ1) is 8.40. The molecular formula is C14H20N2O. The number of hydrogen-bond acceptors (Lipinski definition) is 2. The SMILES string of the molecule is CC.CC.O=Cc1ccc(-n2ccnc2)cc1. The van der Waals surface area contributed by atoms with Crippen LogP contribution in [0.2, 0.25) is 0 Å².